The minimum atomic E-state index is -0.340. The molecule has 0 saturated heterocycles. The summed E-state index contributed by atoms with van der Waals surface area (Å²) < 4.78 is 6.04. The maximum absolute atomic E-state index is 12.4. The number of rotatable bonds is 1. The molecule has 0 saturated carbocycles. The Bertz CT molecular complexity index is 891. The maximum Gasteiger partial charge on any atom is 0.170 e. The Balaban J connectivity index is 1.85. The van der Waals surface area contributed by atoms with Crippen molar-refractivity contribution in [1.82, 2.24) is 4.98 Å². The van der Waals surface area contributed by atoms with Crippen molar-refractivity contribution in [2.24, 2.45) is 0 Å². The number of fused-ring (bicyclic) bond motifs is 2. The number of hydrogen-bond donors (Lipinski definition) is 0. The number of hydrogen-bond acceptors (Lipinski definition) is 3. The lowest BCUT2D eigenvalue weighted by molar-refractivity contribution is 0.0852. The van der Waals surface area contributed by atoms with Crippen molar-refractivity contribution in [3.05, 3.63) is 70.9 Å². The van der Waals surface area contributed by atoms with Gasteiger partial charge >= 0.3 is 0 Å². The molecule has 0 spiro atoms. The van der Waals surface area contributed by atoms with Gasteiger partial charge in [0.2, 0.25) is 0 Å². The number of carbonyl (C=O) groups is 1. The van der Waals surface area contributed by atoms with Crippen LogP contribution in [0.2, 0.25) is 5.15 Å². The van der Waals surface area contributed by atoms with Crippen LogP contribution >= 0.6 is 11.6 Å². The van der Waals surface area contributed by atoms with Crippen LogP contribution in [0.15, 0.2) is 54.6 Å². The molecular weight excluding hydrogens is 298 g/mol. The van der Waals surface area contributed by atoms with Gasteiger partial charge in [0.25, 0.3) is 0 Å². The van der Waals surface area contributed by atoms with Gasteiger partial charge in [0, 0.05) is 10.9 Å². The molecule has 1 unspecified atom stereocenters. The van der Waals surface area contributed by atoms with E-state index in [1.807, 2.05) is 42.5 Å². The second-order valence-corrected chi connectivity index (χ2v) is 5.67. The van der Waals surface area contributed by atoms with Crippen molar-refractivity contribution in [2.75, 3.05) is 0 Å². The standard InChI is InChI=1S/C18H12ClNO2/c19-18-9-13(11-5-1-3-7-14(11)20-18)17-10-15(21)12-6-2-4-8-16(12)22-17/h1-9,17H,10H2. The van der Waals surface area contributed by atoms with Crippen LogP contribution in [0.5, 0.6) is 5.75 Å². The normalized spacial score (nSPS) is 17.1. The smallest absolute Gasteiger partial charge is 0.170 e. The monoisotopic (exact) mass is 309 g/mol. The summed E-state index contributed by atoms with van der Waals surface area (Å²) in [6, 6.07) is 16.9. The van der Waals surface area contributed by atoms with Gasteiger partial charge in [-0.3, -0.25) is 4.79 Å². The van der Waals surface area contributed by atoms with Gasteiger partial charge < -0.3 is 4.74 Å². The molecule has 22 heavy (non-hydrogen) atoms. The molecule has 2 aromatic carbocycles. The predicted molar refractivity (Wildman–Crippen MR) is 85.5 cm³/mol. The molecule has 0 fully saturated rings. The Morgan fingerprint density at radius 2 is 1.86 bits per heavy atom. The largest absolute Gasteiger partial charge is 0.484 e. The summed E-state index contributed by atoms with van der Waals surface area (Å²) in [6.07, 6.45) is -0.0331. The van der Waals surface area contributed by atoms with Crippen LogP contribution in [0.4, 0.5) is 0 Å². The Hall–Kier alpha value is -2.39. The topological polar surface area (TPSA) is 39.2 Å². The first-order valence-corrected chi connectivity index (χ1v) is 7.44. The minimum Gasteiger partial charge on any atom is -0.484 e. The Morgan fingerprint density at radius 1 is 1.09 bits per heavy atom. The fraction of sp³-hybridized carbons (Fsp3) is 0.111. The highest BCUT2D eigenvalue weighted by molar-refractivity contribution is 6.30. The summed E-state index contributed by atoms with van der Waals surface area (Å²) >= 11 is 6.13. The molecule has 108 valence electrons. The number of carbonyl (C=O) groups excluding carboxylic acids is 1. The molecule has 3 aromatic rings. The lowest BCUT2D eigenvalue weighted by Gasteiger charge is -2.26. The molecule has 0 amide bonds. The molecule has 2 heterocycles. The van der Waals surface area contributed by atoms with Crippen molar-refractivity contribution < 1.29 is 9.53 Å². The molecule has 0 radical (unpaired) electrons. The summed E-state index contributed by atoms with van der Waals surface area (Å²) in [6.45, 7) is 0. The van der Waals surface area contributed by atoms with Gasteiger partial charge in [0.15, 0.2) is 5.78 Å². The molecule has 0 N–H and O–H groups in total. The molecule has 1 atom stereocenters. The van der Waals surface area contributed by atoms with E-state index >= 15 is 0 Å². The zero-order valence-corrected chi connectivity index (χ0v) is 12.4. The van der Waals surface area contributed by atoms with E-state index in [1.165, 1.54) is 0 Å². The van der Waals surface area contributed by atoms with Gasteiger partial charge in [-0.25, -0.2) is 4.98 Å². The Morgan fingerprint density at radius 3 is 2.77 bits per heavy atom. The third-order valence-corrected chi connectivity index (χ3v) is 4.08. The third-order valence-electron chi connectivity index (χ3n) is 3.89. The highest BCUT2D eigenvalue weighted by Gasteiger charge is 2.28. The molecule has 1 aliphatic heterocycles. The highest BCUT2D eigenvalue weighted by atomic mass is 35.5. The number of pyridine rings is 1. The summed E-state index contributed by atoms with van der Waals surface area (Å²) in [4.78, 5) is 16.7. The quantitative estimate of drug-likeness (QED) is 0.617. The molecular formula is C18H12ClNO2. The van der Waals surface area contributed by atoms with Crippen molar-refractivity contribution in [1.29, 1.82) is 0 Å². The van der Waals surface area contributed by atoms with Gasteiger partial charge in [-0.05, 0) is 24.3 Å². The number of halogens is 1. The minimum absolute atomic E-state index is 0.0869. The zero-order chi connectivity index (χ0) is 15.1. The van der Waals surface area contributed by atoms with E-state index in [2.05, 4.69) is 4.98 Å². The van der Waals surface area contributed by atoms with E-state index in [0.717, 1.165) is 16.5 Å². The van der Waals surface area contributed by atoms with Crippen molar-refractivity contribution in [3.8, 4) is 5.75 Å². The van der Waals surface area contributed by atoms with E-state index in [-0.39, 0.29) is 11.9 Å². The zero-order valence-electron chi connectivity index (χ0n) is 11.6. The molecule has 0 bridgehead atoms. The number of nitrogens with zero attached hydrogens (tertiary/aromatic N) is 1. The van der Waals surface area contributed by atoms with Crippen molar-refractivity contribution in [2.45, 2.75) is 12.5 Å². The SMILES string of the molecule is O=C1CC(c2cc(Cl)nc3ccccc23)Oc2ccccc21. The van der Waals surface area contributed by atoms with Gasteiger partial charge in [0.1, 0.15) is 17.0 Å². The lowest BCUT2D eigenvalue weighted by atomic mass is 9.94. The van der Waals surface area contributed by atoms with Gasteiger partial charge in [-0.1, -0.05) is 41.9 Å². The molecule has 4 rings (SSSR count). The second kappa shape index (κ2) is 5.11. The van der Waals surface area contributed by atoms with E-state index in [0.29, 0.717) is 22.9 Å². The van der Waals surface area contributed by atoms with Crippen LogP contribution in [-0.4, -0.2) is 10.8 Å². The second-order valence-electron chi connectivity index (χ2n) is 5.28. The molecule has 3 nitrogen and oxygen atoms in total. The van der Waals surface area contributed by atoms with Crippen LogP contribution in [0.25, 0.3) is 10.9 Å². The molecule has 1 aromatic heterocycles. The fourth-order valence-electron chi connectivity index (χ4n) is 2.88. The average molecular weight is 310 g/mol. The van der Waals surface area contributed by atoms with Gasteiger partial charge in [-0.2, -0.15) is 0 Å². The summed E-state index contributed by atoms with van der Waals surface area (Å²) in [5, 5.41) is 1.37. The van der Waals surface area contributed by atoms with E-state index in [4.69, 9.17) is 16.3 Å². The average Bonchev–Trinajstić information content (AvgIpc) is 2.54. The first-order chi connectivity index (χ1) is 10.7. The van der Waals surface area contributed by atoms with Gasteiger partial charge in [-0.15, -0.1) is 0 Å². The summed E-state index contributed by atoms with van der Waals surface area (Å²) in [5.41, 5.74) is 2.35. The predicted octanol–water partition coefficient (Wildman–Crippen LogP) is 4.59. The van der Waals surface area contributed by atoms with Crippen LogP contribution < -0.4 is 4.74 Å². The number of benzene rings is 2. The van der Waals surface area contributed by atoms with E-state index < -0.39 is 0 Å². The fourth-order valence-corrected chi connectivity index (χ4v) is 3.09. The van der Waals surface area contributed by atoms with E-state index in [1.54, 1.807) is 12.1 Å². The molecule has 1 aliphatic rings. The third kappa shape index (κ3) is 2.14. The number of para-hydroxylation sites is 2. The van der Waals surface area contributed by atoms with E-state index in [9.17, 15) is 4.79 Å². The molecule has 4 heteroatoms. The highest BCUT2D eigenvalue weighted by Crippen LogP contribution is 2.37. The summed E-state index contributed by atoms with van der Waals surface area (Å²) in [7, 11) is 0. The van der Waals surface area contributed by atoms with Gasteiger partial charge in [0.05, 0.1) is 17.5 Å². The number of Topliss-reactive ketones (excluding diaryl/α,β-unsaturated/α-hetero) is 1. The first-order valence-electron chi connectivity index (χ1n) is 7.06. The van der Waals surface area contributed by atoms with Crippen LogP contribution in [0.1, 0.15) is 28.4 Å². The summed E-state index contributed by atoms with van der Waals surface area (Å²) in [5.74, 6) is 0.713. The first kappa shape index (κ1) is 13.3. The van der Waals surface area contributed by atoms with Crippen LogP contribution in [-0.2, 0) is 0 Å². The maximum atomic E-state index is 12.4. The lowest BCUT2D eigenvalue weighted by Crippen LogP contribution is -2.20. The van der Waals surface area contributed by atoms with Crippen molar-refractivity contribution in [3.63, 3.8) is 0 Å². The number of aromatic nitrogens is 1. The Labute approximate surface area is 132 Å². The van der Waals surface area contributed by atoms with Crippen LogP contribution in [0, 0.1) is 0 Å². The molecule has 0 aliphatic carbocycles. The van der Waals surface area contributed by atoms with Crippen molar-refractivity contribution >= 4 is 28.3 Å². The Kier molecular flexibility index (Phi) is 3.09. The number of ketones is 1. The number of ether oxygens (including phenoxy) is 1. The van der Waals surface area contributed by atoms with Crippen LogP contribution in [0.3, 0.4) is 0 Å².